The highest BCUT2D eigenvalue weighted by Crippen LogP contribution is 2.10. The first kappa shape index (κ1) is 40.4. The lowest BCUT2D eigenvalue weighted by molar-refractivity contribution is -0.147. The van der Waals surface area contributed by atoms with Crippen molar-refractivity contribution in [3.63, 3.8) is 0 Å². The summed E-state index contributed by atoms with van der Waals surface area (Å²) in [7, 11) is 0. The van der Waals surface area contributed by atoms with E-state index in [0.717, 1.165) is 25.7 Å². The second-order valence-electron chi connectivity index (χ2n) is 8.89. The van der Waals surface area contributed by atoms with Crippen molar-refractivity contribution in [1.82, 2.24) is 0 Å². The third-order valence-electron chi connectivity index (χ3n) is 5.13. The van der Waals surface area contributed by atoms with Crippen molar-refractivity contribution in [2.45, 2.75) is 115 Å². The third-order valence-corrected chi connectivity index (χ3v) is 5.13. The van der Waals surface area contributed by atoms with Gasteiger partial charge in [0.1, 0.15) is 24.9 Å². The molecule has 0 heterocycles. The first-order valence-corrected chi connectivity index (χ1v) is 13.7. The van der Waals surface area contributed by atoms with Crippen LogP contribution in [-0.4, -0.2) is 105 Å². The average molecular weight is 541 g/mol. The summed E-state index contributed by atoms with van der Waals surface area (Å²) in [5.74, 6) is -0.287. The lowest BCUT2D eigenvalue weighted by Crippen LogP contribution is -2.21. The van der Waals surface area contributed by atoms with Crippen molar-refractivity contribution < 1.29 is 50.4 Å². The predicted octanol–water partition coefficient (Wildman–Crippen LogP) is 1.58. The lowest BCUT2D eigenvalue weighted by Gasteiger charge is -2.08. The van der Waals surface area contributed by atoms with Crippen molar-refractivity contribution >= 4 is 5.97 Å². The molecule has 0 aromatic rings. The fraction of sp³-hybridized carbons (Fsp3) is 0.889. The molecule has 8 N–H and O–H groups in total. The summed E-state index contributed by atoms with van der Waals surface area (Å²) in [6.45, 7) is 0.310. The Morgan fingerprint density at radius 2 is 0.973 bits per heavy atom. The van der Waals surface area contributed by atoms with Crippen LogP contribution in [0.1, 0.15) is 96.8 Å². The number of hydrogen-bond acceptors (Lipinski definition) is 10. The molecule has 1 atom stereocenters. The van der Waals surface area contributed by atoms with Gasteiger partial charge in [0.2, 0.25) is 0 Å². The summed E-state index contributed by atoms with van der Waals surface area (Å²) in [6.07, 6.45) is 18.2. The Hall–Kier alpha value is -1.11. The van der Waals surface area contributed by atoms with Crippen LogP contribution in [0.15, 0.2) is 12.2 Å². The van der Waals surface area contributed by atoms with Crippen LogP contribution in [0.5, 0.6) is 0 Å². The number of aliphatic hydroxyl groups is 8. The van der Waals surface area contributed by atoms with E-state index in [-0.39, 0.29) is 45.6 Å². The number of rotatable bonds is 22. The Balaban J connectivity index is -0.000000790. The van der Waals surface area contributed by atoms with E-state index in [1.54, 1.807) is 0 Å². The molecule has 0 saturated carbocycles. The van der Waals surface area contributed by atoms with Gasteiger partial charge in [-0.2, -0.15) is 0 Å². The van der Waals surface area contributed by atoms with E-state index in [1.165, 1.54) is 57.8 Å². The Labute approximate surface area is 223 Å². The highest BCUT2D eigenvalue weighted by molar-refractivity contribution is 5.69. The largest absolute Gasteiger partial charge is 0.463 e. The van der Waals surface area contributed by atoms with E-state index >= 15 is 0 Å². The van der Waals surface area contributed by atoms with Gasteiger partial charge in [0.25, 0.3) is 0 Å². The maximum absolute atomic E-state index is 11.4. The number of ether oxygens (including phenoxy) is 1. The van der Waals surface area contributed by atoms with E-state index in [9.17, 15) is 4.79 Å². The zero-order valence-electron chi connectivity index (χ0n) is 22.9. The highest BCUT2D eigenvalue weighted by Gasteiger charge is 2.07. The summed E-state index contributed by atoms with van der Waals surface area (Å²) in [5.41, 5.74) is 0. The molecule has 10 nitrogen and oxygen atoms in total. The minimum absolute atomic E-state index is 0.111. The Bertz CT molecular complexity index is 444. The van der Waals surface area contributed by atoms with Gasteiger partial charge in [-0.15, -0.1) is 0 Å². The second kappa shape index (κ2) is 34.9. The van der Waals surface area contributed by atoms with E-state index < -0.39 is 18.3 Å². The van der Waals surface area contributed by atoms with E-state index in [1.807, 2.05) is 0 Å². The van der Waals surface area contributed by atoms with Crippen LogP contribution in [0.25, 0.3) is 0 Å². The molecule has 0 amide bonds. The molecular weight excluding hydrogens is 484 g/mol. The molecule has 0 spiro atoms. The van der Waals surface area contributed by atoms with Crippen molar-refractivity contribution in [3.8, 4) is 0 Å². The molecule has 0 rings (SSSR count). The minimum Gasteiger partial charge on any atom is -0.463 e. The summed E-state index contributed by atoms with van der Waals surface area (Å²) in [5, 5.41) is 65.7. The number of esters is 1. The van der Waals surface area contributed by atoms with Crippen molar-refractivity contribution in [3.05, 3.63) is 12.2 Å². The molecule has 10 heteroatoms. The summed E-state index contributed by atoms with van der Waals surface area (Å²) >= 11 is 0. The van der Waals surface area contributed by atoms with Crippen LogP contribution in [-0.2, 0) is 9.53 Å². The molecule has 0 aliphatic heterocycles. The zero-order valence-corrected chi connectivity index (χ0v) is 22.9. The van der Waals surface area contributed by atoms with Gasteiger partial charge < -0.3 is 45.6 Å². The SMILES string of the molecule is CCCCCCCC/C=C\CCCCCCCC(=O)OCC(O)CO.OCC(O)CO.OCC(O)CO. The summed E-state index contributed by atoms with van der Waals surface area (Å²) in [4.78, 5) is 11.4. The van der Waals surface area contributed by atoms with E-state index in [0.29, 0.717) is 6.42 Å². The molecule has 0 saturated heterocycles. The monoisotopic (exact) mass is 540 g/mol. The first-order valence-electron chi connectivity index (χ1n) is 13.7. The molecule has 0 fully saturated rings. The van der Waals surface area contributed by atoms with Crippen LogP contribution in [0.2, 0.25) is 0 Å². The second-order valence-corrected chi connectivity index (χ2v) is 8.89. The van der Waals surface area contributed by atoms with Gasteiger partial charge in [-0.25, -0.2) is 0 Å². The minimum atomic E-state index is -0.960. The van der Waals surface area contributed by atoms with Crippen molar-refractivity contribution in [1.29, 1.82) is 0 Å². The lowest BCUT2D eigenvalue weighted by atomic mass is 10.1. The van der Waals surface area contributed by atoms with Crippen molar-refractivity contribution in [2.75, 3.05) is 39.6 Å². The Morgan fingerprint density at radius 1 is 0.595 bits per heavy atom. The van der Waals surface area contributed by atoms with Crippen molar-refractivity contribution in [2.24, 2.45) is 0 Å². The van der Waals surface area contributed by atoms with Gasteiger partial charge >= 0.3 is 5.97 Å². The number of aliphatic hydroxyl groups excluding tert-OH is 8. The summed E-state index contributed by atoms with van der Waals surface area (Å²) < 4.78 is 4.86. The van der Waals surface area contributed by atoms with Crippen LogP contribution in [0.4, 0.5) is 0 Å². The fourth-order valence-electron chi connectivity index (χ4n) is 2.77. The topological polar surface area (TPSA) is 188 Å². The van der Waals surface area contributed by atoms with Gasteiger partial charge in [0.15, 0.2) is 0 Å². The molecule has 1 unspecified atom stereocenters. The third kappa shape index (κ3) is 39.6. The van der Waals surface area contributed by atoms with Crippen LogP contribution in [0, 0.1) is 0 Å². The van der Waals surface area contributed by atoms with Crippen LogP contribution in [0.3, 0.4) is 0 Å². The maximum Gasteiger partial charge on any atom is 0.305 e. The van der Waals surface area contributed by atoms with Gasteiger partial charge in [-0.3, -0.25) is 4.79 Å². The quantitative estimate of drug-likeness (QED) is 0.0569. The molecule has 0 aromatic heterocycles. The molecule has 0 radical (unpaired) electrons. The van der Waals surface area contributed by atoms with Crippen LogP contribution < -0.4 is 0 Å². The molecule has 0 aliphatic rings. The van der Waals surface area contributed by atoms with Gasteiger partial charge in [0, 0.05) is 6.42 Å². The smallest absolute Gasteiger partial charge is 0.305 e. The predicted molar refractivity (Wildman–Crippen MR) is 144 cm³/mol. The zero-order chi connectivity index (χ0) is 28.6. The van der Waals surface area contributed by atoms with E-state index in [4.69, 9.17) is 45.6 Å². The molecule has 37 heavy (non-hydrogen) atoms. The molecule has 0 aliphatic carbocycles. The van der Waals surface area contributed by atoms with E-state index in [2.05, 4.69) is 19.1 Å². The molecule has 224 valence electrons. The first-order chi connectivity index (χ1) is 17.8. The molecule has 0 bridgehead atoms. The number of allylic oxidation sites excluding steroid dienone is 2. The van der Waals surface area contributed by atoms with Gasteiger partial charge in [-0.1, -0.05) is 70.4 Å². The average Bonchev–Trinajstić information content (AvgIpc) is 2.93. The number of carbonyl (C=O) groups excluding carboxylic acids is 1. The number of carbonyl (C=O) groups is 1. The Kier molecular flexibility index (Phi) is 38.1. The standard InChI is InChI=1S/C21H40O4.2C3H8O3/c1-2-3-4-5-6-7-8-9-10-11-12-13-14-15-16-17-21(24)25-19-20(23)18-22;2*4-1-3(6)2-5/h9-10,20,22-23H,2-8,11-19H2,1H3;2*3-6H,1-2H2/b10-9-;;. The summed E-state index contributed by atoms with van der Waals surface area (Å²) in [6, 6.07) is 0. The number of unbranched alkanes of at least 4 members (excludes halogenated alkanes) is 11. The fourth-order valence-corrected chi connectivity index (χ4v) is 2.77. The Morgan fingerprint density at radius 3 is 1.35 bits per heavy atom. The van der Waals surface area contributed by atoms with Gasteiger partial charge in [-0.05, 0) is 32.1 Å². The maximum atomic E-state index is 11.4. The molecule has 0 aromatic carbocycles. The van der Waals surface area contributed by atoms with Gasteiger partial charge in [0.05, 0.1) is 33.0 Å². The van der Waals surface area contributed by atoms with Crippen LogP contribution >= 0.6 is 0 Å². The normalized spacial score (nSPS) is 11.8. The number of hydrogen-bond donors (Lipinski definition) is 8. The molecular formula is C27H56O10. The highest BCUT2D eigenvalue weighted by atomic mass is 16.5.